The molecule has 0 aliphatic heterocycles. The van der Waals surface area contributed by atoms with Gasteiger partial charge in [0.15, 0.2) is 0 Å². The van der Waals surface area contributed by atoms with Crippen LogP contribution in [0.4, 0.5) is 0 Å². The van der Waals surface area contributed by atoms with E-state index in [0.717, 1.165) is 35.7 Å². The van der Waals surface area contributed by atoms with E-state index in [4.69, 9.17) is 5.73 Å². The number of amides is 1. The lowest BCUT2D eigenvalue weighted by molar-refractivity contribution is -0.127. The summed E-state index contributed by atoms with van der Waals surface area (Å²) in [7, 11) is 0. The number of nitrogens with one attached hydrogen (secondary N) is 1. The van der Waals surface area contributed by atoms with Gasteiger partial charge in [0.25, 0.3) is 0 Å². The predicted molar refractivity (Wildman–Crippen MR) is 88.2 cm³/mol. The molecule has 0 spiro atoms. The maximum atomic E-state index is 12.6. The van der Waals surface area contributed by atoms with Crippen LogP contribution in [0.3, 0.4) is 0 Å². The number of hydrogen-bond acceptors (Lipinski definition) is 2. The second-order valence-corrected chi connectivity index (χ2v) is 6.32. The van der Waals surface area contributed by atoms with Crippen LogP contribution in [0.15, 0.2) is 28.7 Å². The van der Waals surface area contributed by atoms with E-state index in [-0.39, 0.29) is 29.8 Å². The van der Waals surface area contributed by atoms with Crippen molar-refractivity contribution in [2.24, 2.45) is 5.73 Å². The van der Waals surface area contributed by atoms with Crippen LogP contribution in [0.2, 0.25) is 0 Å². The van der Waals surface area contributed by atoms with Crippen molar-refractivity contribution in [2.45, 2.75) is 44.1 Å². The summed E-state index contributed by atoms with van der Waals surface area (Å²) in [6.45, 7) is 2.42. The highest BCUT2D eigenvalue weighted by molar-refractivity contribution is 9.10. The lowest BCUT2D eigenvalue weighted by Crippen LogP contribution is -2.48. The number of halogens is 2. The van der Waals surface area contributed by atoms with E-state index < -0.39 is 0 Å². The van der Waals surface area contributed by atoms with Crippen molar-refractivity contribution in [3.63, 3.8) is 0 Å². The molecule has 1 aromatic rings. The fourth-order valence-electron chi connectivity index (χ4n) is 2.82. The van der Waals surface area contributed by atoms with Crippen molar-refractivity contribution in [3.05, 3.63) is 34.3 Å². The molecular formula is C15H22BrClN2O. The van der Waals surface area contributed by atoms with Crippen LogP contribution in [0, 0.1) is 0 Å². The summed E-state index contributed by atoms with van der Waals surface area (Å²) in [5, 5.41) is 3.05. The Balaban J connectivity index is 0.00000200. The van der Waals surface area contributed by atoms with Gasteiger partial charge in [0.2, 0.25) is 5.91 Å². The van der Waals surface area contributed by atoms with Crippen molar-refractivity contribution in [1.82, 2.24) is 5.32 Å². The monoisotopic (exact) mass is 360 g/mol. The molecule has 1 aliphatic carbocycles. The number of nitrogens with two attached hydrogens (primary N) is 1. The fraction of sp³-hybridized carbons (Fsp3) is 0.533. The van der Waals surface area contributed by atoms with Gasteiger partial charge >= 0.3 is 0 Å². The van der Waals surface area contributed by atoms with Crippen LogP contribution in [-0.2, 0) is 10.2 Å². The summed E-state index contributed by atoms with van der Waals surface area (Å²) in [6.07, 6.45) is 4.08. The summed E-state index contributed by atoms with van der Waals surface area (Å²) in [5.74, 6) is 0.130. The van der Waals surface area contributed by atoms with Gasteiger partial charge in [-0.3, -0.25) is 4.79 Å². The van der Waals surface area contributed by atoms with Crippen LogP contribution in [0.5, 0.6) is 0 Å². The molecular weight excluding hydrogens is 340 g/mol. The molecule has 0 unspecified atom stereocenters. The summed E-state index contributed by atoms with van der Waals surface area (Å²) in [5.41, 5.74) is 6.36. The highest BCUT2D eigenvalue weighted by Crippen LogP contribution is 2.41. The van der Waals surface area contributed by atoms with Crippen LogP contribution in [0.1, 0.15) is 38.2 Å². The summed E-state index contributed by atoms with van der Waals surface area (Å²) in [6, 6.07) is 8.16. The zero-order chi connectivity index (χ0) is 13.9. The number of carbonyl (C=O) groups is 1. The molecule has 20 heavy (non-hydrogen) atoms. The fourth-order valence-corrected chi connectivity index (χ4v) is 3.08. The van der Waals surface area contributed by atoms with E-state index in [1.165, 1.54) is 0 Å². The summed E-state index contributed by atoms with van der Waals surface area (Å²) < 4.78 is 1.04. The molecule has 1 aliphatic rings. The molecule has 3 nitrogen and oxygen atoms in total. The van der Waals surface area contributed by atoms with Crippen LogP contribution in [0.25, 0.3) is 0 Å². The number of benzene rings is 1. The smallest absolute Gasteiger partial charge is 0.230 e. The molecule has 0 aromatic heterocycles. The Hall–Kier alpha value is -0.580. The first-order chi connectivity index (χ1) is 9.08. The van der Waals surface area contributed by atoms with E-state index >= 15 is 0 Å². The quantitative estimate of drug-likeness (QED) is 0.865. The lowest BCUT2D eigenvalue weighted by Gasteiger charge is -2.30. The molecule has 1 amide bonds. The molecule has 0 heterocycles. The Morgan fingerprint density at radius 2 is 1.90 bits per heavy atom. The minimum absolute atomic E-state index is 0. The first kappa shape index (κ1) is 17.5. The van der Waals surface area contributed by atoms with E-state index in [1.807, 2.05) is 19.1 Å². The van der Waals surface area contributed by atoms with Crippen LogP contribution in [-0.4, -0.2) is 18.5 Å². The Bertz CT molecular complexity index is 444. The zero-order valence-electron chi connectivity index (χ0n) is 11.7. The van der Waals surface area contributed by atoms with Gasteiger partial charge in [0.05, 0.1) is 5.41 Å². The van der Waals surface area contributed by atoms with Gasteiger partial charge in [-0.1, -0.05) is 40.9 Å². The molecule has 1 saturated carbocycles. The third-order valence-corrected chi connectivity index (χ3v) is 4.55. The molecule has 2 rings (SSSR count). The number of hydrogen-bond donors (Lipinski definition) is 2. The Labute approximate surface area is 135 Å². The van der Waals surface area contributed by atoms with E-state index in [2.05, 4.69) is 33.4 Å². The molecule has 1 atom stereocenters. The second kappa shape index (κ2) is 7.43. The molecule has 112 valence electrons. The van der Waals surface area contributed by atoms with Gasteiger partial charge in [0, 0.05) is 17.1 Å². The van der Waals surface area contributed by atoms with Crippen molar-refractivity contribution in [3.8, 4) is 0 Å². The zero-order valence-corrected chi connectivity index (χ0v) is 14.1. The van der Waals surface area contributed by atoms with Crippen LogP contribution >= 0.6 is 28.3 Å². The van der Waals surface area contributed by atoms with E-state index in [1.54, 1.807) is 0 Å². The minimum atomic E-state index is -0.357. The topological polar surface area (TPSA) is 55.1 Å². The lowest BCUT2D eigenvalue weighted by atomic mass is 9.78. The average molecular weight is 362 g/mol. The predicted octanol–water partition coefficient (Wildman–Crippen LogP) is 3.15. The van der Waals surface area contributed by atoms with Gasteiger partial charge in [0.1, 0.15) is 0 Å². The Morgan fingerprint density at radius 3 is 2.40 bits per heavy atom. The first-order valence-electron chi connectivity index (χ1n) is 6.85. The minimum Gasteiger partial charge on any atom is -0.352 e. The van der Waals surface area contributed by atoms with Crippen molar-refractivity contribution >= 4 is 34.2 Å². The number of rotatable bonds is 4. The highest BCUT2D eigenvalue weighted by Gasteiger charge is 2.42. The van der Waals surface area contributed by atoms with Crippen molar-refractivity contribution in [1.29, 1.82) is 0 Å². The largest absolute Gasteiger partial charge is 0.352 e. The van der Waals surface area contributed by atoms with Crippen molar-refractivity contribution in [2.75, 3.05) is 6.54 Å². The van der Waals surface area contributed by atoms with Gasteiger partial charge in [-0.15, -0.1) is 12.4 Å². The first-order valence-corrected chi connectivity index (χ1v) is 7.65. The normalized spacial score (nSPS) is 18.1. The second-order valence-electron chi connectivity index (χ2n) is 5.41. The SMILES string of the molecule is C[C@@H](CN)NC(=O)C1(c2ccc(Br)cc2)CCCC1.Cl. The third-order valence-electron chi connectivity index (χ3n) is 4.02. The Morgan fingerprint density at radius 1 is 1.35 bits per heavy atom. The molecule has 0 bridgehead atoms. The van der Waals surface area contributed by atoms with Gasteiger partial charge in [-0.25, -0.2) is 0 Å². The van der Waals surface area contributed by atoms with Gasteiger partial charge in [-0.05, 0) is 37.5 Å². The molecule has 5 heteroatoms. The Kier molecular flexibility index (Phi) is 6.49. The van der Waals surface area contributed by atoms with Gasteiger partial charge in [-0.2, -0.15) is 0 Å². The molecule has 3 N–H and O–H groups in total. The molecule has 0 radical (unpaired) electrons. The maximum Gasteiger partial charge on any atom is 0.230 e. The number of carbonyl (C=O) groups excluding carboxylic acids is 1. The molecule has 1 fully saturated rings. The highest BCUT2D eigenvalue weighted by atomic mass is 79.9. The standard InChI is InChI=1S/C15H21BrN2O.ClH/c1-11(10-17)18-14(19)15(8-2-3-9-15)12-4-6-13(16)7-5-12;/h4-7,11H,2-3,8-10,17H2,1H3,(H,18,19);1H/t11-;/m0./s1. The van der Waals surface area contributed by atoms with E-state index in [0.29, 0.717) is 6.54 Å². The van der Waals surface area contributed by atoms with Crippen LogP contribution < -0.4 is 11.1 Å². The molecule has 1 aromatic carbocycles. The summed E-state index contributed by atoms with van der Waals surface area (Å²) >= 11 is 3.44. The summed E-state index contributed by atoms with van der Waals surface area (Å²) in [4.78, 5) is 12.6. The van der Waals surface area contributed by atoms with Crippen molar-refractivity contribution < 1.29 is 4.79 Å². The average Bonchev–Trinajstić information content (AvgIpc) is 2.90. The van der Waals surface area contributed by atoms with E-state index in [9.17, 15) is 4.79 Å². The third kappa shape index (κ3) is 3.54. The maximum absolute atomic E-state index is 12.6. The molecule has 0 saturated heterocycles. The van der Waals surface area contributed by atoms with Gasteiger partial charge < -0.3 is 11.1 Å².